The van der Waals surface area contributed by atoms with Gasteiger partial charge in [-0.2, -0.15) is 0 Å². The maximum atomic E-state index is 11.8. The quantitative estimate of drug-likeness (QED) is 0.854. The fourth-order valence-electron chi connectivity index (χ4n) is 3.24. The number of ether oxygens (including phenoxy) is 1. The number of aromatic nitrogens is 2. The molecule has 3 rings (SSSR count). The first-order valence-electron chi connectivity index (χ1n) is 9.10. The van der Waals surface area contributed by atoms with Gasteiger partial charge in [0.25, 0.3) is 0 Å². The highest BCUT2D eigenvalue weighted by atomic mass is 16.6. The second kappa shape index (κ2) is 8.11. The molecule has 1 aliphatic heterocycles. The van der Waals surface area contributed by atoms with E-state index < -0.39 is 0 Å². The first-order valence-corrected chi connectivity index (χ1v) is 9.10. The summed E-state index contributed by atoms with van der Waals surface area (Å²) in [5, 5.41) is 3.29. The van der Waals surface area contributed by atoms with Crippen molar-refractivity contribution >= 4 is 29.1 Å². The molecular formula is C19H26N6O2. The summed E-state index contributed by atoms with van der Waals surface area (Å²) in [6, 6.07) is 6.21. The summed E-state index contributed by atoms with van der Waals surface area (Å²) in [5.41, 5.74) is 10.1. The van der Waals surface area contributed by atoms with Crippen LogP contribution in [-0.4, -0.2) is 53.7 Å². The van der Waals surface area contributed by atoms with Gasteiger partial charge in [0.15, 0.2) is 11.6 Å². The van der Waals surface area contributed by atoms with Crippen molar-refractivity contribution in [3.8, 4) is 0 Å². The molecule has 0 atom stereocenters. The van der Waals surface area contributed by atoms with Crippen LogP contribution in [0.25, 0.3) is 0 Å². The highest BCUT2D eigenvalue weighted by Gasteiger charge is 2.24. The normalized spacial score (nSPS) is 14.2. The van der Waals surface area contributed by atoms with Crippen molar-refractivity contribution in [2.75, 3.05) is 48.7 Å². The maximum Gasteiger partial charge on any atom is 0.409 e. The van der Waals surface area contributed by atoms with Crippen LogP contribution in [0.5, 0.6) is 0 Å². The molecular weight excluding hydrogens is 344 g/mol. The standard InChI is InChI=1S/C19H26N6O2/c1-4-27-19(26)25-7-5-24(6-8-25)18-16(20)17(21-12-22-18)23-15-10-13(2)9-14(3)11-15/h9-12H,4-8,20H2,1-3H3,(H,21,22,23). The van der Waals surface area contributed by atoms with Gasteiger partial charge in [0.1, 0.15) is 12.0 Å². The van der Waals surface area contributed by atoms with Gasteiger partial charge in [-0.05, 0) is 44.0 Å². The predicted octanol–water partition coefficient (Wildman–Crippen LogP) is 2.70. The van der Waals surface area contributed by atoms with Crippen molar-refractivity contribution in [3.05, 3.63) is 35.7 Å². The molecule has 1 saturated heterocycles. The third-order valence-electron chi connectivity index (χ3n) is 4.45. The van der Waals surface area contributed by atoms with Crippen molar-refractivity contribution in [1.29, 1.82) is 0 Å². The summed E-state index contributed by atoms with van der Waals surface area (Å²) in [6.07, 6.45) is 1.24. The Bertz CT molecular complexity index is 798. The Labute approximate surface area is 159 Å². The number of aryl methyl sites for hydroxylation is 2. The van der Waals surface area contributed by atoms with E-state index in [1.165, 1.54) is 17.5 Å². The summed E-state index contributed by atoms with van der Waals surface area (Å²) in [6.45, 7) is 8.72. The molecule has 8 nitrogen and oxygen atoms in total. The van der Waals surface area contributed by atoms with E-state index in [0.29, 0.717) is 50.1 Å². The lowest BCUT2D eigenvalue weighted by Crippen LogP contribution is -2.49. The topological polar surface area (TPSA) is 96.6 Å². The van der Waals surface area contributed by atoms with Crippen LogP contribution < -0.4 is 16.0 Å². The molecule has 0 aliphatic carbocycles. The number of benzene rings is 1. The van der Waals surface area contributed by atoms with Gasteiger partial charge in [0.2, 0.25) is 0 Å². The largest absolute Gasteiger partial charge is 0.450 e. The molecule has 0 spiro atoms. The van der Waals surface area contributed by atoms with Crippen molar-refractivity contribution in [1.82, 2.24) is 14.9 Å². The lowest BCUT2D eigenvalue weighted by atomic mass is 10.1. The van der Waals surface area contributed by atoms with E-state index in [4.69, 9.17) is 10.5 Å². The highest BCUT2D eigenvalue weighted by molar-refractivity contribution is 5.78. The van der Waals surface area contributed by atoms with Gasteiger partial charge < -0.3 is 25.6 Å². The Hall–Kier alpha value is -3.03. The Kier molecular flexibility index (Phi) is 5.63. The summed E-state index contributed by atoms with van der Waals surface area (Å²) in [5.74, 6) is 1.26. The number of nitrogens with zero attached hydrogens (tertiary/aromatic N) is 4. The van der Waals surface area contributed by atoms with Crippen LogP contribution in [-0.2, 0) is 4.74 Å². The van der Waals surface area contributed by atoms with Crippen LogP contribution in [0.3, 0.4) is 0 Å². The zero-order valence-corrected chi connectivity index (χ0v) is 16.0. The van der Waals surface area contributed by atoms with Crippen LogP contribution in [0.1, 0.15) is 18.1 Å². The molecule has 0 saturated carbocycles. The minimum Gasteiger partial charge on any atom is -0.450 e. The average Bonchev–Trinajstić information content (AvgIpc) is 2.63. The summed E-state index contributed by atoms with van der Waals surface area (Å²) >= 11 is 0. The first kappa shape index (κ1) is 18.8. The molecule has 0 unspecified atom stereocenters. The lowest BCUT2D eigenvalue weighted by molar-refractivity contribution is 0.105. The van der Waals surface area contributed by atoms with Gasteiger partial charge in [-0.1, -0.05) is 6.07 Å². The van der Waals surface area contributed by atoms with Gasteiger partial charge >= 0.3 is 6.09 Å². The van der Waals surface area contributed by atoms with Crippen LogP contribution in [0.15, 0.2) is 24.5 Å². The van der Waals surface area contributed by atoms with Crippen molar-refractivity contribution < 1.29 is 9.53 Å². The predicted molar refractivity (Wildman–Crippen MR) is 106 cm³/mol. The average molecular weight is 370 g/mol. The smallest absolute Gasteiger partial charge is 0.409 e. The fourth-order valence-corrected chi connectivity index (χ4v) is 3.24. The number of nitrogens with two attached hydrogens (primary N) is 1. The summed E-state index contributed by atoms with van der Waals surface area (Å²) < 4.78 is 5.06. The van der Waals surface area contributed by atoms with E-state index in [-0.39, 0.29) is 6.09 Å². The number of nitrogen functional groups attached to an aromatic ring is 1. The molecule has 144 valence electrons. The van der Waals surface area contributed by atoms with E-state index in [9.17, 15) is 4.79 Å². The number of amides is 1. The molecule has 3 N–H and O–H groups in total. The monoisotopic (exact) mass is 370 g/mol. The number of nitrogens with one attached hydrogen (secondary N) is 1. The minimum absolute atomic E-state index is 0.273. The number of carbonyl (C=O) groups excluding carboxylic acids is 1. The Morgan fingerprint density at radius 1 is 1.15 bits per heavy atom. The van der Waals surface area contributed by atoms with E-state index >= 15 is 0 Å². The van der Waals surface area contributed by atoms with Crippen LogP contribution >= 0.6 is 0 Å². The molecule has 2 aromatic rings. The van der Waals surface area contributed by atoms with Crippen LogP contribution in [0.2, 0.25) is 0 Å². The number of piperazine rings is 1. The fraction of sp³-hybridized carbons (Fsp3) is 0.421. The van der Waals surface area contributed by atoms with Crippen molar-refractivity contribution in [2.45, 2.75) is 20.8 Å². The third kappa shape index (κ3) is 4.39. The van der Waals surface area contributed by atoms with Gasteiger partial charge in [-0.25, -0.2) is 14.8 Å². The minimum atomic E-state index is -0.273. The SMILES string of the molecule is CCOC(=O)N1CCN(c2ncnc(Nc3cc(C)cc(C)c3)c2N)CC1. The lowest BCUT2D eigenvalue weighted by Gasteiger charge is -2.35. The molecule has 8 heteroatoms. The van der Waals surface area contributed by atoms with E-state index in [0.717, 1.165) is 5.69 Å². The van der Waals surface area contributed by atoms with Crippen LogP contribution in [0, 0.1) is 13.8 Å². The molecule has 27 heavy (non-hydrogen) atoms. The second-order valence-corrected chi connectivity index (χ2v) is 6.63. The highest BCUT2D eigenvalue weighted by Crippen LogP contribution is 2.29. The Morgan fingerprint density at radius 2 is 1.81 bits per heavy atom. The van der Waals surface area contributed by atoms with Crippen molar-refractivity contribution in [3.63, 3.8) is 0 Å². The molecule has 1 fully saturated rings. The number of hydrogen-bond donors (Lipinski definition) is 2. The molecule has 0 radical (unpaired) electrons. The molecule has 2 heterocycles. The Balaban J connectivity index is 1.73. The zero-order valence-electron chi connectivity index (χ0n) is 16.0. The second-order valence-electron chi connectivity index (χ2n) is 6.63. The number of rotatable bonds is 4. The van der Waals surface area contributed by atoms with Gasteiger partial charge in [-0.15, -0.1) is 0 Å². The third-order valence-corrected chi connectivity index (χ3v) is 4.45. The first-order chi connectivity index (χ1) is 13.0. The van der Waals surface area contributed by atoms with E-state index in [1.807, 2.05) is 12.1 Å². The molecule has 0 bridgehead atoms. The zero-order chi connectivity index (χ0) is 19.4. The number of hydrogen-bond acceptors (Lipinski definition) is 7. The van der Waals surface area contributed by atoms with Crippen LogP contribution in [0.4, 0.5) is 27.8 Å². The Morgan fingerprint density at radius 3 is 2.44 bits per heavy atom. The summed E-state index contributed by atoms with van der Waals surface area (Å²) in [7, 11) is 0. The maximum absolute atomic E-state index is 11.8. The van der Waals surface area contributed by atoms with Crippen molar-refractivity contribution in [2.24, 2.45) is 0 Å². The molecule has 1 aromatic heterocycles. The number of carbonyl (C=O) groups is 1. The van der Waals surface area contributed by atoms with Gasteiger partial charge in [-0.3, -0.25) is 0 Å². The van der Waals surface area contributed by atoms with Gasteiger partial charge in [0, 0.05) is 31.9 Å². The van der Waals surface area contributed by atoms with E-state index in [1.54, 1.807) is 11.8 Å². The summed E-state index contributed by atoms with van der Waals surface area (Å²) in [4.78, 5) is 24.3. The van der Waals surface area contributed by atoms with E-state index in [2.05, 4.69) is 40.1 Å². The molecule has 1 amide bonds. The number of anilines is 4. The van der Waals surface area contributed by atoms with Gasteiger partial charge in [0.05, 0.1) is 6.61 Å². The molecule has 1 aliphatic rings. The molecule has 1 aromatic carbocycles.